The number of carbonyl (C=O) groups excluding carboxylic acids is 2. The molecule has 0 saturated heterocycles. The first kappa shape index (κ1) is 16.1. The fourth-order valence-corrected chi connectivity index (χ4v) is 1.82. The fraction of sp³-hybridized carbons (Fsp3) is 0.294. The molecule has 0 amide bonds. The van der Waals surface area contributed by atoms with Gasteiger partial charge in [-0.2, -0.15) is 0 Å². The highest BCUT2D eigenvalue weighted by Crippen LogP contribution is 2.18. The Morgan fingerprint density at radius 3 is 2.35 bits per heavy atom. The van der Waals surface area contributed by atoms with Crippen LogP contribution >= 0.6 is 0 Å². The third-order valence-electron chi connectivity index (χ3n) is 3.18. The van der Waals surface area contributed by atoms with E-state index in [9.17, 15) is 14.7 Å². The van der Waals surface area contributed by atoms with E-state index in [-0.39, 0.29) is 18.0 Å². The van der Waals surface area contributed by atoms with Crippen LogP contribution in [-0.4, -0.2) is 22.8 Å². The molecule has 0 aliphatic heterocycles. The number of ketones is 2. The summed E-state index contributed by atoms with van der Waals surface area (Å²) in [5, 5.41) is 10.1. The van der Waals surface area contributed by atoms with Crippen LogP contribution in [0.15, 0.2) is 48.6 Å². The van der Waals surface area contributed by atoms with Gasteiger partial charge < -0.3 is 5.11 Å². The van der Waals surface area contributed by atoms with Crippen molar-refractivity contribution in [3.8, 4) is 0 Å². The molecular formula is C17H20O3. The molecule has 2 unspecified atom stereocenters. The van der Waals surface area contributed by atoms with Crippen molar-refractivity contribution in [1.82, 2.24) is 0 Å². The largest absolute Gasteiger partial charge is 0.388 e. The van der Waals surface area contributed by atoms with E-state index in [0.717, 1.165) is 5.56 Å². The van der Waals surface area contributed by atoms with E-state index in [2.05, 4.69) is 6.58 Å². The van der Waals surface area contributed by atoms with Gasteiger partial charge in [-0.3, -0.25) is 9.59 Å². The molecule has 0 radical (unpaired) electrons. The minimum absolute atomic E-state index is 0.155. The molecule has 1 N–H and O–H groups in total. The van der Waals surface area contributed by atoms with Crippen LogP contribution < -0.4 is 0 Å². The summed E-state index contributed by atoms with van der Waals surface area (Å²) in [6.45, 7) is 6.46. The fourth-order valence-electron chi connectivity index (χ4n) is 1.82. The summed E-state index contributed by atoms with van der Waals surface area (Å²) in [6.07, 6.45) is 2.60. The Balaban J connectivity index is 2.77. The Morgan fingerprint density at radius 2 is 1.85 bits per heavy atom. The Bertz CT molecular complexity index is 514. The van der Waals surface area contributed by atoms with Crippen molar-refractivity contribution >= 4 is 17.6 Å². The number of Topliss-reactive ketones (excluding diaryl/α,β-unsaturated/α-hetero) is 2. The highest BCUT2D eigenvalue weighted by Gasteiger charge is 2.23. The Kier molecular flexibility index (Phi) is 6.07. The number of benzene rings is 1. The molecule has 1 aromatic rings. The highest BCUT2D eigenvalue weighted by atomic mass is 16.3. The molecule has 0 spiro atoms. The number of allylic oxidation sites excluding steroid dienone is 1. The third kappa shape index (κ3) is 4.94. The summed E-state index contributed by atoms with van der Waals surface area (Å²) in [6, 6.07) is 9.50. The molecule has 0 fully saturated rings. The first-order valence-electron chi connectivity index (χ1n) is 6.52. The lowest BCUT2D eigenvalue weighted by molar-refractivity contribution is -0.123. The summed E-state index contributed by atoms with van der Waals surface area (Å²) >= 11 is 0. The van der Waals surface area contributed by atoms with E-state index in [4.69, 9.17) is 0 Å². The zero-order valence-electron chi connectivity index (χ0n) is 11.9. The maximum atomic E-state index is 11.6. The number of aliphatic hydroxyl groups excluding tert-OH is 1. The maximum absolute atomic E-state index is 11.6. The predicted octanol–water partition coefficient (Wildman–Crippen LogP) is 2.80. The summed E-state index contributed by atoms with van der Waals surface area (Å²) < 4.78 is 0. The number of carbonyl (C=O) groups is 2. The molecule has 106 valence electrons. The molecule has 0 saturated carbocycles. The van der Waals surface area contributed by atoms with Gasteiger partial charge in [0.05, 0.1) is 12.0 Å². The molecule has 0 aliphatic rings. The second-order valence-corrected chi connectivity index (χ2v) is 4.84. The number of hydrogen-bond acceptors (Lipinski definition) is 3. The van der Waals surface area contributed by atoms with E-state index in [0.29, 0.717) is 5.57 Å². The van der Waals surface area contributed by atoms with Crippen LogP contribution in [0.3, 0.4) is 0 Å². The lowest BCUT2D eigenvalue weighted by atomic mass is 9.89. The Morgan fingerprint density at radius 1 is 1.25 bits per heavy atom. The van der Waals surface area contributed by atoms with E-state index in [1.165, 1.54) is 13.8 Å². The molecule has 1 rings (SSSR count). The molecule has 3 heteroatoms. The first-order chi connectivity index (χ1) is 9.41. The van der Waals surface area contributed by atoms with E-state index in [1.807, 2.05) is 30.3 Å². The van der Waals surface area contributed by atoms with Crippen molar-refractivity contribution in [1.29, 1.82) is 0 Å². The van der Waals surface area contributed by atoms with Crippen molar-refractivity contribution in [2.24, 2.45) is 5.92 Å². The number of aliphatic hydroxyl groups is 1. The van der Waals surface area contributed by atoms with Crippen LogP contribution in [0.4, 0.5) is 0 Å². The third-order valence-corrected chi connectivity index (χ3v) is 3.18. The van der Waals surface area contributed by atoms with Crippen LogP contribution in [-0.2, 0) is 9.59 Å². The smallest absolute Gasteiger partial charge is 0.155 e. The molecule has 2 atom stereocenters. The van der Waals surface area contributed by atoms with Gasteiger partial charge in [0, 0.05) is 0 Å². The van der Waals surface area contributed by atoms with Gasteiger partial charge in [0.25, 0.3) is 0 Å². The minimum Gasteiger partial charge on any atom is -0.388 e. The van der Waals surface area contributed by atoms with Crippen molar-refractivity contribution in [2.75, 3.05) is 0 Å². The lowest BCUT2D eigenvalue weighted by Crippen LogP contribution is -2.26. The van der Waals surface area contributed by atoms with Crippen LogP contribution in [0, 0.1) is 5.92 Å². The summed E-state index contributed by atoms with van der Waals surface area (Å²) in [5.74, 6) is -0.945. The lowest BCUT2D eigenvalue weighted by Gasteiger charge is -2.18. The predicted molar refractivity (Wildman–Crippen MR) is 80.1 cm³/mol. The zero-order valence-corrected chi connectivity index (χ0v) is 11.9. The quantitative estimate of drug-likeness (QED) is 0.776. The Labute approximate surface area is 119 Å². The van der Waals surface area contributed by atoms with Gasteiger partial charge >= 0.3 is 0 Å². The summed E-state index contributed by atoms with van der Waals surface area (Å²) in [7, 11) is 0. The van der Waals surface area contributed by atoms with E-state index in [1.54, 1.807) is 12.2 Å². The van der Waals surface area contributed by atoms with Crippen molar-refractivity contribution in [2.45, 2.75) is 26.4 Å². The van der Waals surface area contributed by atoms with E-state index < -0.39 is 12.0 Å². The molecule has 0 bridgehead atoms. The minimum atomic E-state index is -0.927. The molecule has 20 heavy (non-hydrogen) atoms. The van der Waals surface area contributed by atoms with Gasteiger partial charge in [-0.15, -0.1) is 0 Å². The number of hydrogen-bond donors (Lipinski definition) is 1. The van der Waals surface area contributed by atoms with Gasteiger partial charge in [-0.25, -0.2) is 0 Å². The normalized spacial score (nSPS) is 13.9. The van der Waals surface area contributed by atoms with Gasteiger partial charge in [-0.1, -0.05) is 49.1 Å². The second-order valence-electron chi connectivity index (χ2n) is 4.84. The maximum Gasteiger partial charge on any atom is 0.155 e. The SMILES string of the molecule is C=C(CC(C(C)=O)C(O)/C=C/c1ccccc1)C(C)=O. The Hall–Kier alpha value is -2.00. The van der Waals surface area contributed by atoms with E-state index >= 15 is 0 Å². The molecule has 0 aromatic heterocycles. The average molecular weight is 272 g/mol. The van der Waals surface area contributed by atoms with Crippen LogP contribution in [0.5, 0.6) is 0 Å². The number of rotatable bonds is 7. The molecule has 1 aromatic carbocycles. The zero-order chi connectivity index (χ0) is 15.1. The average Bonchev–Trinajstić information content (AvgIpc) is 2.42. The summed E-state index contributed by atoms with van der Waals surface area (Å²) in [5.41, 5.74) is 1.30. The van der Waals surface area contributed by atoms with Crippen molar-refractivity contribution in [3.05, 3.63) is 54.1 Å². The van der Waals surface area contributed by atoms with Gasteiger partial charge in [-0.05, 0) is 31.4 Å². The topological polar surface area (TPSA) is 54.4 Å². The van der Waals surface area contributed by atoms with Crippen molar-refractivity contribution in [3.63, 3.8) is 0 Å². The molecular weight excluding hydrogens is 252 g/mol. The van der Waals surface area contributed by atoms with Crippen LogP contribution in [0.2, 0.25) is 0 Å². The van der Waals surface area contributed by atoms with Gasteiger partial charge in [0.1, 0.15) is 5.78 Å². The first-order valence-corrected chi connectivity index (χ1v) is 6.52. The monoisotopic (exact) mass is 272 g/mol. The van der Waals surface area contributed by atoms with Crippen molar-refractivity contribution < 1.29 is 14.7 Å². The second kappa shape index (κ2) is 7.56. The molecule has 3 nitrogen and oxygen atoms in total. The molecule has 0 heterocycles. The van der Waals surface area contributed by atoms with Crippen LogP contribution in [0.1, 0.15) is 25.8 Å². The highest BCUT2D eigenvalue weighted by molar-refractivity contribution is 5.93. The van der Waals surface area contributed by atoms with Crippen LogP contribution in [0.25, 0.3) is 6.08 Å². The van der Waals surface area contributed by atoms with Gasteiger partial charge in [0.15, 0.2) is 5.78 Å². The molecule has 0 aliphatic carbocycles. The van der Waals surface area contributed by atoms with Gasteiger partial charge in [0.2, 0.25) is 0 Å². The standard InChI is InChI=1S/C17H20O3/c1-12(13(2)18)11-16(14(3)19)17(20)10-9-15-7-5-4-6-8-15/h4-10,16-17,20H,1,11H2,2-3H3/b10-9+. The summed E-state index contributed by atoms with van der Waals surface area (Å²) in [4.78, 5) is 22.8.